The standard InChI is InChI=1S/C21H27N7O/c1-21(2,3)17-6-7-18(29)28(25-17)14-11-26-9-12-27(13-10-26)20-16-5-4-8-22-19(16)23-15-24-20/h4-8,15H,9-14H2,1-3H3. The summed E-state index contributed by atoms with van der Waals surface area (Å²) in [5.74, 6) is 0.943. The van der Waals surface area contributed by atoms with Gasteiger partial charge in [-0.1, -0.05) is 20.8 Å². The van der Waals surface area contributed by atoms with Crippen molar-refractivity contribution in [2.75, 3.05) is 37.6 Å². The molecule has 0 spiro atoms. The van der Waals surface area contributed by atoms with Crippen molar-refractivity contribution in [1.29, 1.82) is 0 Å². The molecule has 0 aromatic carbocycles. The summed E-state index contributed by atoms with van der Waals surface area (Å²) in [7, 11) is 0. The largest absolute Gasteiger partial charge is 0.353 e. The maximum atomic E-state index is 12.2. The maximum Gasteiger partial charge on any atom is 0.266 e. The van der Waals surface area contributed by atoms with E-state index in [4.69, 9.17) is 0 Å². The Morgan fingerprint density at radius 3 is 2.52 bits per heavy atom. The van der Waals surface area contributed by atoms with Gasteiger partial charge in [0.2, 0.25) is 0 Å². The third-order valence-electron chi connectivity index (χ3n) is 5.32. The van der Waals surface area contributed by atoms with E-state index in [9.17, 15) is 4.79 Å². The van der Waals surface area contributed by atoms with E-state index >= 15 is 0 Å². The summed E-state index contributed by atoms with van der Waals surface area (Å²) in [6.07, 6.45) is 3.33. The molecule has 3 aromatic rings. The molecule has 0 aliphatic carbocycles. The van der Waals surface area contributed by atoms with Crippen molar-refractivity contribution < 1.29 is 0 Å². The van der Waals surface area contributed by atoms with Crippen LogP contribution in [-0.4, -0.2) is 62.4 Å². The number of anilines is 1. The van der Waals surface area contributed by atoms with Gasteiger partial charge in [-0.25, -0.2) is 19.6 Å². The predicted octanol–water partition coefficient (Wildman–Crippen LogP) is 1.70. The highest BCUT2D eigenvalue weighted by Gasteiger charge is 2.21. The Morgan fingerprint density at radius 2 is 1.76 bits per heavy atom. The van der Waals surface area contributed by atoms with Crippen LogP contribution in [0.2, 0.25) is 0 Å². The molecular formula is C21H27N7O. The van der Waals surface area contributed by atoms with Crippen molar-refractivity contribution in [3.8, 4) is 0 Å². The molecule has 4 heterocycles. The van der Waals surface area contributed by atoms with Crippen LogP contribution in [0.4, 0.5) is 5.82 Å². The van der Waals surface area contributed by atoms with Gasteiger partial charge in [0.05, 0.1) is 17.6 Å². The van der Waals surface area contributed by atoms with Crippen LogP contribution in [0.25, 0.3) is 11.0 Å². The first-order valence-electron chi connectivity index (χ1n) is 10.0. The lowest BCUT2D eigenvalue weighted by Crippen LogP contribution is -2.48. The molecule has 0 saturated carbocycles. The number of rotatable bonds is 4. The number of piperazine rings is 1. The Balaban J connectivity index is 1.39. The average molecular weight is 393 g/mol. The summed E-state index contributed by atoms with van der Waals surface area (Å²) in [4.78, 5) is 29.9. The second-order valence-electron chi connectivity index (χ2n) is 8.43. The van der Waals surface area contributed by atoms with E-state index in [0.29, 0.717) is 6.54 Å². The zero-order valence-corrected chi connectivity index (χ0v) is 17.2. The first-order chi connectivity index (χ1) is 13.9. The van der Waals surface area contributed by atoms with Crippen LogP contribution < -0.4 is 10.5 Å². The fraction of sp³-hybridized carbons (Fsp3) is 0.476. The quantitative estimate of drug-likeness (QED) is 0.667. The van der Waals surface area contributed by atoms with Gasteiger partial charge in [0.15, 0.2) is 5.65 Å². The second-order valence-corrected chi connectivity index (χ2v) is 8.43. The highest BCUT2D eigenvalue weighted by atomic mass is 16.1. The van der Waals surface area contributed by atoms with Gasteiger partial charge in [-0.05, 0) is 18.2 Å². The van der Waals surface area contributed by atoms with E-state index in [2.05, 4.69) is 50.6 Å². The molecule has 4 rings (SSSR count). The van der Waals surface area contributed by atoms with Crippen molar-refractivity contribution in [2.45, 2.75) is 32.7 Å². The summed E-state index contributed by atoms with van der Waals surface area (Å²) in [5, 5.41) is 5.55. The number of hydrogen-bond acceptors (Lipinski definition) is 7. The van der Waals surface area contributed by atoms with E-state index in [-0.39, 0.29) is 11.0 Å². The molecule has 0 atom stereocenters. The predicted molar refractivity (Wildman–Crippen MR) is 113 cm³/mol. The first-order valence-corrected chi connectivity index (χ1v) is 10.0. The molecule has 0 radical (unpaired) electrons. The molecule has 8 heteroatoms. The number of hydrogen-bond donors (Lipinski definition) is 0. The Labute approximate surface area is 170 Å². The van der Waals surface area contributed by atoms with E-state index in [1.807, 2.05) is 18.2 Å². The van der Waals surface area contributed by atoms with Gasteiger partial charge < -0.3 is 4.90 Å². The Kier molecular flexibility index (Phi) is 5.27. The third kappa shape index (κ3) is 4.27. The van der Waals surface area contributed by atoms with Crippen molar-refractivity contribution in [3.05, 3.63) is 52.8 Å². The van der Waals surface area contributed by atoms with Crippen LogP contribution >= 0.6 is 0 Å². The molecule has 0 bridgehead atoms. The van der Waals surface area contributed by atoms with E-state index in [0.717, 1.165) is 55.3 Å². The normalized spacial score (nSPS) is 15.8. The van der Waals surface area contributed by atoms with Gasteiger partial charge in [-0.15, -0.1) is 0 Å². The zero-order valence-electron chi connectivity index (χ0n) is 17.2. The van der Waals surface area contributed by atoms with Crippen LogP contribution in [-0.2, 0) is 12.0 Å². The molecule has 29 heavy (non-hydrogen) atoms. The monoisotopic (exact) mass is 393 g/mol. The number of aromatic nitrogens is 5. The molecule has 0 unspecified atom stereocenters. The highest BCUT2D eigenvalue weighted by Crippen LogP contribution is 2.22. The van der Waals surface area contributed by atoms with Crippen LogP contribution in [0.15, 0.2) is 41.6 Å². The van der Waals surface area contributed by atoms with Crippen molar-refractivity contribution in [2.24, 2.45) is 0 Å². The lowest BCUT2D eigenvalue weighted by Gasteiger charge is -2.35. The van der Waals surface area contributed by atoms with Crippen LogP contribution in [0, 0.1) is 0 Å². The molecular weight excluding hydrogens is 366 g/mol. The molecule has 0 amide bonds. The van der Waals surface area contributed by atoms with Crippen LogP contribution in [0.3, 0.4) is 0 Å². The molecule has 1 fully saturated rings. The van der Waals surface area contributed by atoms with Crippen molar-refractivity contribution in [1.82, 2.24) is 29.6 Å². The lowest BCUT2D eigenvalue weighted by atomic mass is 9.92. The Morgan fingerprint density at radius 1 is 0.966 bits per heavy atom. The highest BCUT2D eigenvalue weighted by molar-refractivity contribution is 5.86. The lowest BCUT2D eigenvalue weighted by molar-refractivity contribution is 0.241. The Bertz CT molecular complexity index is 1040. The third-order valence-corrected chi connectivity index (χ3v) is 5.32. The fourth-order valence-electron chi connectivity index (χ4n) is 3.56. The minimum atomic E-state index is -0.0732. The SMILES string of the molecule is CC(C)(C)c1ccc(=O)n(CCN2CCN(c3ncnc4ncccc34)CC2)n1. The molecule has 1 aliphatic heterocycles. The van der Waals surface area contributed by atoms with E-state index < -0.39 is 0 Å². The van der Waals surface area contributed by atoms with Crippen LogP contribution in [0.1, 0.15) is 26.5 Å². The van der Waals surface area contributed by atoms with Gasteiger partial charge in [-0.2, -0.15) is 5.10 Å². The maximum absolute atomic E-state index is 12.2. The fourth-order valence-corrected chi connectivity index (χ4v) is 3.56. The van der Waals surface area contributed by atoms with E-state index in [1.165, 1.54) is 0 Å². The summed E-state index contributed by atoms with van der Waals surface area (Å²) < 4.78 is 1.59. The summed E-state index contributed by atoms with van der Waals surface area (Å²) >= 11 is 0. The van der Waals surface area contributed by atoms with Gasteiger partial charge in [0.1, 0.15) is 12.1 Å². The van der Waals surface area contributed by atoms with Gasteiger partial charge in [0.25, 0.3) is 5.56 Å². The Hall–Kier alpha value is -2.87. The van der Waals surface area contributed by atoms with Crippen LogP contribution in [0.5, 0.6) is 0 Å². The molecule has 1 aliphatic rings. The minimum Gasteiger partial charge on any atom is -0.353 e. The molecule has 0 N–H and O–H groups in total. The molecule has 8 nitrogen and oxygen atoms in total. The van der Waals surface area contributed by atoms with E-state index in [1.54, 1.807) is 23.3 Å². The van der Waals surface area contributed by atoms with Crippen molar-refractivity contribution in [3.63, 3.8) is 0 Å². The molecule has 3 aromatic heterocycles. The first kappa shape index (κ1) is 19.4. The summed E-state index contributed by atoms with van der Waals surface area (Å²) in [5.41, 5.74) is 1.54. The topological polar surface area (TPSA) is 80.0 Å². The van der Waals surface area contributed by atoms with Gasteiger partial charge >= 0.3 is 0 Å². The van der Waals surface area contributed by atoms with Gasteiger partial charge in [0, 0.05) is 50.4 Å². The minimum absolute atomic E-state index is 0.0448. The molecule has 152 valence electrons. The zero-order chi connectivity index (χ0) is 20.4. The second kappa shape index (κ2) is 7.87. The smallest absolute Gasteiger partial charge is 0.266 e. The average Bonchev–Trinajstić information content (AvgIpc) is 2.72. The number of fused-ring (bicyclic) bond motifs is 1. The van der Waals surface area contributed by atoms with Crippen molar-refractivity contribution >= 4 is 16.9 Å². The molecule has 1 saturated heterocycles. The number of nitrogens with zero attached hydrogens (tertiary/aromatic N) is 7. The summed E-state index contributed by atoms with van der Waals surface area (Å²) in [6, 6.07) is 7.39. The summed E-state index contributed by atoms with van der Waals surface area (Å²) in [6.45, 7) is 11.3. The van der Waals surface area contributed by atoms with Gasteiger partial charge in [-0.3, -0.25) is 9.69 Å². The number of pyridine rings is 1.